The number of pyridine rings is 1. The van der Waals surface area contributed by atoms with Crippen LogP contribution in [0.25, 0.3) is 0 Å². The van der Waals surface area contributed by atoms with E-state index in [1.807, 2.05) is 13.8 Å². The molecule has 0 aliphatic heterocycles. The molecule has 0 saturated heterocycles. The molecule has 0 unspecified atom stereocenters. The van der Waals surface area contributed by atoms with E-state index in [2.05, 4.69) is 15.6 Å². The van der Waals surface area contributed by atoms with Crippen molar-refractivity contribution in [2.24, 2.45) is 5.92 Å². The average molecular weight is 250 g/mol. The van der Waals surface area contributed by atoms with Crippen molar-refractivity contribution in [1.82, 2.24) is 15.6 Å². The van der Waals surface area contributed by atoms with Crippen LogP contribution in [0.1, 0.15) is 24.3 Å². The minimum absolute atomic E-state index is 0.0325. The van der Waals surface area contributed by atoms with E-state index in [-0.39, 0.29) is 17.7 Å². The number of nitrogens with two attached hydrogens (primary N) is 1. The van der Waals surface area contributed by atoms with Crippen molar-refractivity contribution in [1.29, 1.82) is 0 Å². The van der Waals surface area contributed by atoms with Crippen molar-refractivity contribution < 1.29 is 9.59 Å². The first-order chi connectivity index (χ1) is 8.50. The molecule has 4 N–H and O–H groups in total. The van der Waals surface area contributed by atoms with Crippen molar-refractivity contribution in [2.45, 2.75) is 13.8 Å². The molecule has 1 aromatic heterocycles. The molecule has 0 saturated carbocycles. The molecule has 98 valence electrons. The van der Waals surface area contributed by atoms with Crippen molar-refractivity contribution in [3.63, 3.8) is 0 Å². The molecule has 6 heteroatoms. The predicted octanol–water partition coefficient (Wildman–Crippen LogP) is 0.166. The molecule has 18 heavy (non-hydrogen) atoms. The number of carbonyl (C=O) groups is 2. The Morgan fingerprint density at radius 2 is 1.94 bits per heavy atom. The molecule has 0 bridgehead atoms. The van der Waals surface area contributed by atoms with E-state index in [1.54, 1.807) is 12.1 Å². The van der Waals surface area contributed by atoms with Gasteiger partial charge in [-0.05, 0) is 12.1 Å². The maximum Gasteiger partial charge on any atom is 0.269 e. The van der Waals surface area contributed by atoms with E-state index in [0.717, 1.165) is 0 Å². The van der Waals surface area contributed by atoms with Gasteiger partial charge in [-0.1, -0.05) is 13.8 Å². The summed E-state index contributed by atoms with van der Waals surface area (Å²) in [5.41, 5.74) is 6.28. The fourth-order valence-electron chi connectivity index (χ4n) is 1.20. The Bertz CT molecular complexity index is 415. The van der Waals surface area contributed by atoms with Crippen molar-refractivity contribution in [3.05, 3.63) is 24.0 Å². The normalized spacial score (nSPS) is 10.2. The SMILES string of the molecule is CC(C)C(=O)NCCNC(=O)c1ccc(N)cn1. The van der Waals surface area contributed by atoms with Crippen LogP contribution in [0.15, 0.2) is 18.3 Å². The van der Waals surface area contributed by atoms with E-state index < -0.39 is 0 Å². The van der Waals surface area contributed by atoms with Gasteiger partial charge in [0.2, 0.25) is 5.91 Å². The Hall–Kier alpha value is -2.11. The van der Waals surface area contributed by atoms with Gasteiger partial charge in [0.15, 0.2) is 0 Å². The fourth-order valence-corrected chi connectivity index (χ4v) is 1.20. The molecule has 1 rings (SSSR count). The number of carbonyl (C=O) groups excluding carboxylic acids is 2. The van der Waals surface area contributed by atoms with Crippen molar-refractivity contribution in [2.75, 3.05) is 18.8 Å². The number of hydrogen-bond donors (Lipinski definition) is 3. The summed E-state index contributed by atoms with van der Waals surface area (Å²) in [5.74, 6) is -0.372. The molecule has 1 heterocycles. The average Bonchev–Trinajstić information content (AvgIpc) is 2.34. The Morgan fingerprint density at radius 3 is 2.50 bits per heavy atom. The van der Waals surface area contributed by atoms with Gasteiger partial charge in [-0.2, -0.15) is 0 Å². The number of amides is 2. The first kappa shape index (κ1) is 14.0. The van der Waals surface area contributed by atoms with Gasteiger partial charge >= 0.3 is 0 Å². The summed E-state index contributed by atoms with van der Waals surface area (Å²) in [4.78, 5) is 26.7. The molecule has 0 aliphatic rings. The number of nitrogens with zero attached hydrogens (tertiary/aromatic N) is 1. The second kappa shape index (κ2) is 6.58. The maximum absolute atomic E-state index is 11.6. The molecular formula is C12H18N4O2. The van der Waals surface area contributed by atoms with Crippen molar-refractivity contribution in [3.8, 4) is 0 Å². The molecule has 6 nitrogen and oxygen atoms in total. The smallest absolute Gasteiger partial charge is 0.269 e. The lowest BCUT2D eigenvalue weighted by atomic mass is 10.2. The van der Waals surface area contributed by atoms with Crippen molar-refractivity contribution >= 4 is 17.5 Å². The Kier molecular flexibility index (Phi) is 5.10. The third-order valence-electron chi connectivity index (χ3n) is 2.25. The van der Waals surface area contributed by atoms with E-state index in [9.17, 15) is 9.59 Å². The largest absolute Gasteiger partial charge is 0.397 e. The van der Waals surface area contributed by atoms with Gasteiger partial charge < -0.3 is 16.4 Å². The number of anilines is 1. The van der Waals surface area contributed by atoms with Crippen LogP contribution >= 0.6 is 0 Å². The maximum atomic E-state index is 11.6. The standard InChI is InChI=1S/C12H18N4O2/c1-8(2)11(17)14-5-6-15-12(18)10-4-3-9(13)7-16-10/h3-4,7-8H,5-6,13H2,1-2H3,(H,14,17)(H,15,18). The highest BCUT2D eigenvalue weighted by Crippen LogP contribution is 2.00. The Morgan fingerprint density at radius 1 is 1.28 bits per heavy atom. The third-order valence-corrected chi connectivity index (χ3v) is 2.25. The number of hydrogen-bond acceptors (Lipinski definition) is 4. The van der Waals surface area contributed by atoms with Crippen LogP contribution in [0.4, 0.5) is 5.69 Å². The molecule has 0 radical (unpaired) electrons. The van der Waals surface area contributed by atoms with Crippen LogP contribution in [0, 0.1) is 5.92 Å². The molecule has 0 atom stereocenters. The number of aromatic nitrogens is 1. The monoisotopic (exact) mass is 250 g/mol. The minimum Gasteiger partial charge on any atom is -0.397 e. The lowest BCUT2D eigenvalue weighted by Crippen LogP contribution is -2.36. The summed E-state index contributed by atoms with van der Waals surface area (Å²) in [6, 6.07) is 3.17. The second-order valence-corrected chi connectivity index (χ2v) is 4.18. The summed E-state index contributed by atoms with van der Waals surface area (Å²) in [7, 11) is 0. The van der Waals surface area contributed by atoms with E-state index >= 15 is 0 Å². The molecule has 0 aromatic carbocycles. The molecule has 2 amide bonds. The number of nitrogens with one attached hydrogen (secondary N) is 2. The summed E-state index contributed by atoms with van der Waals surface area (Å²) in [6.45, 7) is 4.39. The van der Waals surface area contributed by atoms with Crippen LogP contribution in [-0.4, -0.2) is 29.9 Å². The minimum atomic E-state index is -0.284. The van der Waals surface area contributed by atoms with E-state index in [1.165, 1.54) is 6.20 Å². The topological polar surface area (TPSA) is 97.1 Å². The predicted molar refractivity (Wildman–Crippen MR) is 68.8 cm³/mol. The van der Waals surface area contributed by atoms with Gasteiger partial charge in [-0.3, -0.25) is 9.59 Å². The van der Waals surface area contributed by atoms with E-state index in [0.29, 0.717) is 24.5 Å². The number of rotatable bonds is 5. The lowest BCUT2D eigenvalue weighted by molar-refractivity contribution is -0.123. The molecular weight excluding hydrogens is 232 g/mol. The quantitative estimate of drug-likeness (QED) is 0.649. The second-order valence-electron chi connectivity index (χ2n) is 4.18. The van der Waals surface area contributed by atoms with Crippen LogP contribution < -0.4 is 16.4 Å². The lowest BCUT2D eigenvalue weighted by Gasteiger charge is -2.08. The molecule has 0 fully saturated rings. The summed E-state index contributed by atoms with van der Waals surface area (Å²) < 4.78 is 0. The van der Waals surface area contributed by atoms with Gasteiger partial charge in [0.25, 0.3) is 5.91 Å². The molecule has 0 spiro atoms. The molecule has 1 aromatic rings. The van der Waals surface area contributed by atoms with Crippen LogP contribution in [-0.2, 0) is 4.79 Å². The third kappa shape index (κ3) is 4.40. The zero-order valence-electron chi connectivity index (χ0n) is 10.6. The van der Waals surface area contributed by atoms with Gasteiger partial charge in [-0.15, -0.1) is 0 Å². The van der Waals surface area contributed by atoms with Gasteiger partial charge in [0.05, 0.1) is 11.9 Å². The first-order valence-corrected chi connectivity index (χ1v) is 5.78. The summed E-state index contributed by atoms with van der Waals surface area (Å²) in [6.07, 6.45) is 1.43. The highest BCUT2D eigenvalue weighted by molar-refractivity contribution is 5.92. The van der Waals surface area contributed by atoms with Crippen LogP contribution in [0.5, 0.6) is 0 Å². The zero-order valence-corrected chi connectivity index (χ0v) is 10.6. The van der Waals surface area contributed by atoms with Gasteiger partial charge in [-0.25, -0.2) is 4.98 Å². The van der Waals surface area contributed by atoms with Crippen LogP contribution in [0.3, 0.4) is 0 Å². The highest BCUT2D eigenvalue weighted by atomic mass is 16.2. The van der Waals surface area contributed by atoms with Crippen LogP contribution in [0.2, 0.25) is 0 Å². The molecule has 0 aliphatic carbocycles. The summed E-state index contributed by atoms with van der Waals surface area (Å²) in [5, 5.41) is 5.36. The summed E-state index contributed by atoms with van der Waals surface area (Å²) >= 11 is 0. The first-order valence-electron chi connectivity index (χ1n) is 5.78. The number of nitrogen functional groups attached to an aromatic ring is 1. The van der Waals surface area contributed by atoms with Gasteiger partial charge in [0, 0.05) is 19.0 Å². The Balaban J connectivity index is 2.29. The zero-order chi connectivity index (χ0) is 13.5. The highest BCUT2D eigenvalue weighted by Gasteiger charge is 2.07. The van der Waals surface area contributed by atoms with Gasteiger partial charge in [0.1, 0.15) is 5.69 Å². The fraction of sp³-hybridized carbons (Fsp3) is 0.417. The Labute approximate surface area is 106 Å². The van der Waals surface area contributed by atoms with E-state index in [4.69, 9.17) is 5.73 Å².